The zero-order valence-electron chi connectivity index (χ0n) is 21.6. The number of β-amino-alcohol motifs (C(OH)–C–C–N with tert-alkyl or cyclic N) is 1. The van der Waals surface area contributed by atoms with Gasteiger partial charge in [0.1, 0.15) is 18.2 Å². The monoisotopic (exact) mass is 536 g/mol. The van der Waals surface area contributed by atoms with E-state index in [1.165, 1.54) is 4.90 Å². The second-order valence-corrected chi connectivity index (χ2v) is 12.4. The summed E-state index contributed by atoms with van der Waals surface area (Å²) >= 11 is 1.55. The number of fused-ring (bicyclic) bond motifs is 3. The molecule has 200 valence electrons. The van der Waals surface area contributed by atoms with Crippen molar-refractivity contribution >= 4 is 40.5 Å². The number of para-hydroxylation sites is 1. The molecule has 0 radical (unpaired) electrons. The molecule has 4 aliphatic rings. The molecule has 6 rings (SSSR count). The standard InChI is InChI=1S/C27H32N6O4S/c1-3-12-30-13-6-10-26(2)20(23(30)35)21-24(36)32(15-16-34)22-25(37)31(14-7-11-27(21,22)38-26)17-33-19-9-5-4-8-18(19)28-29-33/h4-11,20-22,34H,3,12-17H2,1-2H3/t20-,21+,22?,26+,27+/m1/s1. The van der Waals surface area contributed by atoms with Crippen LogP contribution < -0.4 is 0 Å². The maximum absolute atomic E-state index is 14.3. The lowest BCUT2D eigenvalue weighted by Crippen LogP contribution is -2.54. The summed E-state index contributed by atoms with van der Waals surface area (Å²) in [5, 5.41) is 18.3. The quantitative estimate of drug-likeness (QED) is 0.554. The van der Waals surface area contributed by atoms with Crippen LogP contribution in [0.3, 0.4) is 0 Å². The topological polar surface area (TPSA) is 112 Å². The lowest BCUT2D eigenvalue weighted by molar-refractivity contribution is -0.145. The Kier molecular flexibility index (Phi) is 6.10. The fraction of sp³-hybridized carbons (Fsp3) is 0.519. The summed E-state index contributed by atoms with van der Waals surface area (Å²) in [6, 6.07) is 6.73. The van der Waals surface area contributed by atoms with Crippen LogP contribution in [0.15, 0.2) is 48.6 Å². The van der Waals surface area contributed by atoms with Crippen LogP contribution in [0, 0.1) is 11.8 Å². The number of rotatable bonds is 6. The van der Waals surface area contributed by atoms with E-state index in [9.17, 15) is 19.5 Å². The van der Waals surface area contributed by atoms with E-state index in [0.29, 0.717) is 19.6 Å². The first-order chi connectivity index (χ1) is 18.3. The molecule has 5 heterocycles. The van der Waals surface area contributed by atoms with E-state index in [0.717, 1.165) is 17.5 Å². The lowest BCUT2D eigenvalue weighted by atomic mass is 9.74. The second kappa shape index (κ2) is 9.23. The molecule has 1 aromatic heterocycles. The Morgan fingerprint density at radius 3 is 2.55 bits per heavy atom. The molecule has 3 amide bonds. The number of carbonyl (C=O) groups is 3. The number of likely N-dealkylation sites (tertiary alicyclic amines) is 1. The van der Waals surface area contributed by atoms with Gasteiger partial charge in [-0.3, -0.25) is 14.4 Å². The highest BCUT2D eigenvalue weighted by molar-refractivity contribution is 8.02. The predicted molar refractivity (Wildman–Crippen MR) is 143 cm³/mol. The van der Waals surface area contributed by atoms with Crippen molar-refractivity contribution < 1.29 is 19.5 Å². The molecule has 1 aromatic carbocycles. The molecular weight excluding hydrogens is 504 g/mol. The van der Waals surface area contributed by atoms with Crippen LogP contribution in [0.5, 0.6) is 0 Å². The van der Waals surface area contributed by atoms with Crippen molar-refractivity contribution in [1.82, 2.24) is 29.7 Å². The van der Waals surface area contributed by atoms with Gasteiger partial charge in [-0.2, -0.15) is 0 Å². The van der Waals surface area contributed by atoms with Crippen LogP contribution in [0.1, 0.15) is 20.3 Å². The molecule has 2 aromatic rings. The van der Waals surface area contributed by atoms with E-state index >= 15 is 0 Å². The molecule has 0 aliphatic carbocycles. The summed E-state index contributed by atoms with van der Waals surface area (Å²) < 4.78 is 0.133. The van der Waals surface area contributed by atoms with Crippen LogP contribution in [-0.2, 0) is 21.1 Å². The van der Waals surface area contributed by atoms with Gasteiger partial charge in [0.25, 0.3) is 0 Å². The van der Waals surface area contributed by atoms with Gasteiger partial charge in [-0.1, -0.05) is 48.6 Å². The van der Waals surface area contributed by atoms with Gasteiger partial charge < -0.3 is 19.8 Å². The van der Waals surface area contributed by atoms with Gasteiger partial charge in [0, 0.05) is 30.9 Å². The van der Waals surface area contributed by atoms with Crippen LogP contribution >= 0.6 is 11.8 Å². The average Bonchev–Trinajstić information content (AvgIpc) is 3.42. The van der Waals surface area contributed by atoms with E-state index in [-0.39, 0.29) is 37.5 Å². The molecule has 0 saturated carbocycles. The molecule has 10 nitrogen and oxygen atoms in total. The predicted octanol–water partition coefficient (Wildman–Crippen LogP) is 1.28. The van der Waals surface area contributed by atoms with Gasteiger partial charge in [-0.15, -0.1) is 16.9 Å². The Labute approximate surface area is 225 Å². The highest BCUT2D eigenvalue weighted by atomic mass is 32.2. The molecular formula is C27H32N6O4S. The number of aliphatic hydroxyl groups excluding tert-OH is 1. The van der Waals surface area contributed by atoms with Crippen molar-refractivity contribution in [1.29, 1.82) is 0 Å². The van der Waals surface area contributed by atoms with Gasteiger partial charge in [-0.25, -0.2) is 4.68 Å². The zero-order chi connectivity index (χ0) is 26.7. The minimum Gasteiger partial charge on any atom is -0.395 e. The molecule has 5 atom stereocenters. The third-order valence-electron chi connectivity index (χ3n) is 8.28. The van der Waals surface area contributed by atoms with Gasteiger partial charge in [-0.05, 0) is 25.5 Å². The fourth-order valence-corrected chi connectivity index (χ4v) is 8.91. The molecule has 1 unspecified atom stereocenters. The molecule has 11 heteroatoms. The smallest absolute Gasteiger partial charge is 0.248 e. The average molecular weight is 537 g/mol. The van der Waals surface area contributed by atoms with Crippen LogP contribution in [-0.4, -0.2) is 101 Å². The number of aromatic nitrogens is 3. The van der Waals surface area contributed by atoms with Gasteiger partial charge >= 0.3 is 0 Å². The first-order valence-electron chi connectivity index (χ1n) is 13.2. The summed E-state index contributed by atoms with van der Waals surface area (Å²) in [4.78, 5) is 47.3. The maximum Gasteiger partial charge on any atom is 0.248 e. The largest absolute Gasteiger partial charge is 0.395 e. The molecule has 0 bridgehead atoms. The maximum atomic E-state index is 14.3. The minimum atomic E-state index is -0.919. The summed E-state index contributed by atoms with van der Waals surface area (Å²) in [7, 11) is 0. The van der Waals surface area contributed by atoms with Crippen molar-refractivity contribution in [2.75, 3.05) is 32.8 Å². The normalized spacial score (nSPS) is 32.6. The summed E-state index contributed by atoms with van der Waals surface area (Å²) in [6.45, 7) is 5.47. The van der Waals surface area contributed by atoms with Gasteiger partial charge in [0.05, 0.1) is 28.7 Å². The summed E-state index contributed by atoms with van der Waals surface area (Å²) in [5.74, 6) is -1.79. The highest BCUT2D eigenvalue weighted by Gasteiger charge is 2.73. The van der Waals surface area contributed by atoms with Crippen molar-refractivity contribution in [2.24, 2.45) is 11.8 Å². The summed E-state index contributed by atoms with van der Waals surface area (Å²) in [6.07, 6.45) is 8.84. The van der Waals surface area contributed by atoms with Gasteiger partial charge in [0.2, 0.25) is 17.7 Å². The SMILES string of the molecule is CCCN1CC=C[C@]2(C)S[C@]34C=CCN(Cn5nnc6ccccc65)C(=O)C3N(CCO)C(=O)[C@@H]4[C@@H]2C1=O. The Morgan fingerprint density at radius 1 is 1.00 bits per heavy atom. The number of hydrogen-bond donors (Lipinski definition) is 1. The van der Waals surface area contributed by atoms with E-state index in [1.807, 2.05) is 61.2 Å². The van der Waals surface area contributed by atoms with E-state index in [1.54, 1.807) is 21.3 Å². The number of aliphatic hydroxyl groups is 1. The van der Waals surface area contributed by atoms with Crippen LogP contribution in [0.4, 0.5) is 0 Å². The second-order valence-electron chi connectivity index (χ2n) is 10.6. The zero-order valence-corrected chi connectivity index (χ0v) is 22.4. The fourth-order valence-electron chi connectivity index (χ4n) is 6.75. The molecule has 4 aliphatic heterocycles. The summed E-state index contributed by atoms with van der Waals surface area (Å²) in [5.41, 5.74) is 1.55. The number of carbonyl (C=O) groups excluding carboxylic acids is 3. The van der Waals surface area contributed by atoms with Crippen molar-refractivity contribution in [3.63, 3.8) is 0 Å². The van der Waals surface area contributed by atoms with E-state index < -0.39 is 27.4 Å². The Morgan fingerprint density at radius 2 is 1.76 bits per heavy atom. The first-order valence-corrected chi connectivity index (χ1v) is 14.0. The third kappa shape index (κ3) is 3.54. The molecule has 2 fully saturated rings. The number of benzene rings is 1. The van der Waals surface area contributed by atoms with Crippen molar-refractivity contribution in [3.05, 3.63) is 48.6 Å². The number of hydrogen-bond acceptors (Lipinski definition) is 7. The highest BCUT2D eigenvalue weighted by Crippen LogP contribution is 2.65. The lowest BCUT2D eigenvalue weighted by Gasteiger charge is -2.36. The molecule has 1 spiro atoms. The van der Waals surface area contributed by atoms with Crippen molar-refractivity contribution in [3.8, 4) is 0 Å². The Hall–Kier alpha value is -3.18. The molecule has 38 heavy (non-hydrogen) atoms. The number of nitrogens with zero attached hydrogens (tertiary/aromatic N) is 6. The third-order valence-corrected chi connectivity index (χ3v) is 10.1. The molecule has 1 N–H and O–H groups in total. The van der Waals surface area contributed by atoms with E-state index in [2.05, 4.69) is 16.4 Å². The van der Waals surface area contributed by atoms with Gasteiger partial charge in [0.15, 0.2) is 0 Å². The first kappa shape index (κ1) is 25.1. The number of amides is 3. The molecule has 2 saturated heterocycles. The van der Waals surface area contributed by atoms with Crippen molar-refractivity contribution in [2.45, 2.75) is 42.5 Å². The Balaban J connectivity index is 1.41. The van der Waals surface area contributed by atoms with E-state index in [4.69, 9.17) is 0 Å². The minimum absolute atomic E-state index is 0.0358. The Bertz CT molecular complexity index is 1360. The van der Waals surface area contributed by atoms with Crippen LogP contribution in [0.2, 0.25) is 0 Å². The number of thioether (sulfide) groups is 1. The van der Waals surface area contributed by atoms with Crippen LogP contribution in [0.25, 0.3) is 11.0 Å².